The van der Waals surface area contributed by atoms with Crippen LogP contribution < -0.4 is 0 Å². The third-order valence-electron chi connectivity index (χ3n) is 3.50. The summed E-state index contributed by atoms with van der Waals surface area (Å²) in [6.07, 6.45) is 0.827. The highest BCUT2D eigenvalue weighted by molar-refractivity contribution is 7.86. The van der Waals surface area contributed by atoms with Crippen molar-refractivity contribution < 1.29 is 12.6 Å². The second-order valence-electron chi connectivity index (χ2n) is 5.07. The molecular formula is C17H20O3S. The van der Waals surface area contributed by atoms with E-state index in [2.05, 4.69) is 0 Å². The minimum Gasteiger partial charge on any atom is -0.266 e. The lowest BCUT2D eigenvalue weighted by Gasteiger charge is -2.15. The van der Waals surface area contributed by atoms with Crippen LogP contribution in [0.5, 0.6) is 0 Å². The third kappa shape index (κ3) is 4.16. The number of hydrogen-bond donors (Lipinski definition) is 0. The molecule has 0 aliphatic heterocycles. The second kappa shape index (κ2) is 6.87. The van der Waals surface area contributed by atoms with Gasteiger partial charge in [0, 0.05) is 5.92 Å². The molecule has 0 aliphatic carbocycles. The van der Waals surface area contributed by atoms with Crippen LogP contribution in [0.25, 0.3) is 0 Å². The van der Waals surface area contributed by atoms with E-state index >= 15 is 0 Å². The van der Waals surface area contributed by atoms with Crippen molar-refractivity contribution in [2.24, 2.45) is 0 Å². The van der Waals surface area contributed by atoms with Gasteiger partial charge in [-0.2, -0.15) is 8.42 Å². The molecule has 1 unspecified atom stereocenters. The van der Waals surface area contributed by atoms with E-state index in [1.54, 1.807) is 24.3 Å². The Balaban J connectivity index is 2.08. The monoisotopic (exact) mass is 304 g/mol. The molecule has 0 aliphatic rings. The van der Waals surface area contributed by atoms with Gasteiger partial charge in [0.15, 0.2) is 0 Å². The Morgan fingerprint density at radius 2 is 1.62 bits per heavy atom. The van der Waals surface area contributed by atoms with Gasteiger partial charge in [0.05, 0.1) is 11.5 Å². The molecule has 0 spiro atoms. The molecule has 2 aromatic carbocycles. The quantitative estimate of drug-likeness (QED) is 0.760. The molecular weight excluding hydrogens is 284 g/mol. The van der Waals surface area contributed by atoms with Gasteiger partial charge < -0.3 is 0 Å². The molecule has 2 aromatic rings. The van der Waals surface area contributed by atoms with Gasteiger partial charge >= 0.3 is 0 Å². The summed E-state index contributed by atoms with van der Waals surface area (Å²) in [7, 11) is -3.69. The van der Waals surface area contributed by atoms with Crippen molar-refractivity contribution in [1.82, 2.24) is 0 Å². The fourth-order valence-electron chi connectivity index (χ4n) is 2.12. The summed E-state index contributed by atoms with van der Waals surface area (Å²) in [6.45, 7) is 4.11. The Morgan fingerprint density at radius 1 is 1.00 bits per heavy atom. The zero-order valence-corrected chi connectivity index (χ0v) is 13.1. The SMILES string of the molecule is CCC(COS(=O)(=O)c1ccc(C)cc1)c1ccccc1. The first-order valence-electron chi connectivity index (χ1n) is 7.04. The summed E-state index contributed by atoms with van der Waals surface area (Å²) in [4.78, 5) is 0.205. The van der Waals surface area contributed by atoms with Crippen molar-refractivity contribution in [3.05, 3.63) is 65.7 Å². The van der Waals surface area contributed by atoms with Crippen molar-refractivity contribution in [3.8, 4) is 0 Å². The standard InChI is InChI=1S/C17H20O3S/c1-3-15(16-7-5-4-6-8-16)13-20-21(18,19)17-11-9-14(2)10-12-17/h4-12,15H,3,13H2,1-2H3. The van der Waals surface area contributed by atoms with Crippen LogP contribution in [-0.2, 0) is 14.3 Å². The molecule has 0 saturated carbocycles. The van der Waals surface area contributed by atoms with E-state index in [-0.39, 0.29) is 17.4 Å². The number of aryl methyl sites for hydroxylation is 1. The van der Waals surface area contributed by atoms with Gasteiger partial charge in [-0.15, -0.1) is 0 Å². The normalized spacial score (nSPS) is 13.0. The van der Waals surface area contributed by atoms with Crippen molar-refractivity contribution in [2.75, 3.05) is 6.61 Å². The zero-order valence-electron chi connectivity index (χ0n) is 12.3. The average molecular weight is 304 g/mol. The lowest BCUT2D eigenvalue weighted by molar-refractivity contribution is 0.288. The van der Waals surface area contributed by atoms with Crippen molar-refractivity contribution in [3.63, 3.8) is 0 Å². The average Bonchev–Trinajstić information content (AvgIpc) is 2.49. The van der Waals surface area contributed by atoms with E-state index in [4.69, 9.17) is 4.18 Å². The minimum atomic E-state index is -3.69. The molecule has 1 atom stereocenters. The third-order valence-corrected chi connectivity index (χ3v) is 4.79. The summed E-state index contributed by atoms with van der Waals surface area (Å²) in [6, 6.07) is 16.5. The lowest BCUT2D eigenvalue weighted by atomic mass is 9.98. The first-order valence-corrected chi connectivity index (χ1v) is 8.45. The van der Waals surface area contributed by atoms with Crippen LogP contribution in [0.1, 0.15) is 30.4 Å². The number of rotatable bonds is 6. The Labute approximate surface area is 126 Å². The van der Waals surface area contributed by atoms with E-state index in [9.17, 15) is 8.42 Å². The van der Waals surface area contributed by atoms with Gasteiger partial charge in [0.2, 0.25) is 0 Å². The van der Waals surface area contributed by atoms with Crippen LogP contribution in [-0.4, -0.2) is 15.0 Å². The molecule has 0 aromatic heterocycles. The van der Waals surface area contributed by atoms with Crippen LogP contribution in [0.2, 0.25) is 0 Å². The molecule has 112 valence electrons. The number of benzene rings is 2. The predicted molar refractivity (Wildman–Crippen MR) is 83.8 cm³/mol. The molecule has 0 N–H and O–H groups in total. The van der Waals surface area contributed by atoms with E-state index in [1.807, 2.05) is 44.2 Å². The molecule has 0 radical (unpaired) electrons. The summed E-state index contributed by atoms with van der Waals surface area (Å²) in [5.41, 5.74) is 2.11. The second-order valence-corrected chi connectivity index (χ2v) is 6.68. The van der Waals surface area contributed by atoms with Crippen molar-refractivity contribution in [1.29, 1.82) is 0 Å². The maximum absolute atomic E-state index is 12.2. The Kier molecular flexibility index (Phi) is 5.15. The fourth-order valence-corrected chi connectivity index (χ4v) is 3.07. The van der Waals surface area contributed by atoms with Crippen LogP contribution in [0, 0.1) is 6.92 Å². The van der Waals surface area contributed by atoms with Gasteiger partial charge in [0.1, 0.15) is 0 Å². The van der Waals surface area contributed by atoms with Crippen molar-refractivity contribution in [2.45, 2.75) is 31.1 Å². The van der Waals surface area contributed by atoms with Crippen LogP contribution in [0.15, 0.2) is 59.5 Å². The van der Waals surface area contributed by atoms with E-state index in [1.165, 1.54) is 0 Å². The van der Waals surface area contributed by atoms with Crippen LogP contribution >= 0.6 is 0 Å². The van der Waals surface area contributed by atoms with Crippen LogP contribution in [0.4, 0.5) is 0 Å². The summed E-state index contributed by atoms with van der Waals surface area (Å²) in [5, 5.41) is 0. The number of hydrogen-bond acceptors (Lipinski definition) is 3. The van der Waals surface area contributed by atoms with Crippen LogP contribution in [0.3, 0.4) is 0 Å². The molecule has 21 heavy (non-hydrogen) atoms. The van der Waals surface area contributed by atoms with Gasteiger partial charge in [-0.3, -0.25) is 4.18 Å². The zero-order chi connectivity index (χ0) is 15.3. The topological polar surface area (TPSA) is 43.4 Å². The molecule has 0 fully saturated rings. The molecule has 0 amide bonds. The first kappa shape index (κ1) is 15.7. The molecule has 0 bridgehead atoms. The predicted octanol–water partition coefficient (Wildman–Crippen LogP) is 3.89. The molecule has 0 heterocycles. The van der Waals surface area contributed by atoms with E-state index in [0.29, 0.717) is 0 Å². The maximum atomic E-state index is 12.2. The van der Waals surface area contributed by atoms with Gasteiger partial charge in [-0.1, -0.05) is 55.0 Å². The van der Waals surface area contributed by atoms with Gasteiger partial charge in [-0.25, -0.2) is 0 Å². The molecule has 0 saturated heterocycles. The van der Waals surface area contributed by atoms with Gasteiger partial charge in [-0.05, 0) is 31.0 Å². The summed E-state index contributed by atoms with van der Waals surface area (Å²) >= 11 is 0. The summed E-state index contributed by atoms with van der Waals surface area (Å²) < 4.78 is 29.6. The van der Waals surface area contributed by atoms with Crippen molar-refractivity contribution >= 4 is 10.1 Å². The largest absolute Gasteiger partial charge is 0.296 e. The Bertz CT molecular complexity index is 661. The Morgan fingerprint density at radius 3 is 2.19 bits per heavy atom. The smallest absolute Gasteiger partial charge is 0.266 e. The highest BCUT2D eigenvalue weighted by Gasteiger charge is 2.18. The van der Waals surface area contributed by atoms with E-state index < -0.39 is 10.1 Å². The minimum absolute atomic E-state index is 0.0754. The molecule has 4 heteroatoms. The Hall–Kier alpha value is -1.65. The fraction of sp³-hybridized carbons (Fsp3) is 0.294. The highest BCUT2D eigenvalue weighted by Crippen LogP contribution is 2.22. The molecule has 2 rings (SSSR count). The maximum Gasteiger partial charge on any atom is 0.296 e. The molecule has 3 nitrogen and oxygen atoms in total. The lowest BCUT2D eigenvalue weighted by Crippen LogP contribution is -2.13. The van der Waals surface area contributed by atoms with E-state index in [0.717, 1.165) is 17.5 Å². The highest BCUT2D eigenvalue weighted by atomic mass is 32.2. The van der Waals surface area contributed by atoms with Gasteiger partial charge in [0.25, 0.3) is 10.1 Å². The summed E-state index contributed by atoms with van der Waals surface area (Å²) in [5.74, 6) is 0.0754. The first-order chi connectivity index (χ1) is 10.0.